The second-order valence-electron chi connectivity index (χ2n) is 5.37. The Bertz CT molecular complexity index is 900. The molecule has 1 heterocycles. The van der Waals surface area contributed by atoms with Crippen molar-refractivity contribution in [2.24, 2.45) is 0 Å². The maximum absolute atomic E-state index is 12.5. The topological polar surface area (TPSA) is 73.3 Å². The molecule has 0 saturated heterocycles. The van der Waals surface area contributed by atoms with Gasteiger partial charge < -0.3 is 14.8 Å². The number of fused-ring (bicyclic) bond motifs is 1. The number of nitrogens with one attached hydrogen (secondary N) is 1. The van der Waals surface area contributed by atoms with Crippen LogP contribution in [0.15, 0.2) is 48.5 Å². The number of nitrogens with zero attached hydrogens (tertiary/aromatic N) is 2. The fourth-order valence-electron chi connectivity index (χ4n) is 2.31. The average molecular weight is 372 g/mol. The number of carbonyl (C=O) groups is 1. The molecule has 26 heavy (non-hydrogen) atoms. The summed E-state index contributed by atoms with van der Waals surface area (Å²) in [6.07, 6.45) is 0. The van der Waals surface area contributed by atoms with Gasteiger partial charge in [-0.05, 0) is 43.3 Å². The minimum Gasteiger partial charge on any atom is -0.458 e. The van der Waals surface area contributed by atoms with Crippen LogP contribution in [0, 0.1) is 0 Å². The third-order valence-electron chi connectivity index (χ3n) is 3.54. The van der Waals surface area contributed by atoms with Crippen molar-refractivity contribution < 1.29 is 14.3 Å². The van der Waals surface area contributed by atoms with E-state index in [1.165, 1.54) is 0 Å². The number of esters is 1. The fourth-order valence-corrected chi connectivity index (χ4v) is 2.43. The van der Waals surface area contributed by atoms with Crippen LogP contribution in [0.5, 0.6) is 0 Å². The largest absolute Gasteiger partial charge is 0.458 e. The Morgan fingerprint density at radius 1 is 1.04 bits per heavy atom. The predicted octanol–water partition coefficient (Wildman–Crippen LogP) is 4.22. The lowest BCUT2D eigenvalue weighted by molar-refractivity contribution is 0.0330. The number of para-hydroxylation sites is 2. The van der Waals surface area contributed by atoms with Crippen LogP contribution in [0.2, 0.25) is 5.02 Å². The minimum absolute atomic E-state index is 0.121. The van der Waals surface area contributed by atoms with Gasteiger partial charge in [-0.15, -0.1) is 0 Å². The van der Waals surface area contributed by atoms with Crippen LogP contribution in [0.1, 0.15) is 17.4 Å². The molecule has 0 bridgehead atoms. The summed E-state index contributed by atoms with van der Waals surface area (Å²) < 4.78 is 10.4. The van der Waals surface area contributed by atoms with E-state index in [4.69, 9.17) is 21.1 Å². The highest BCUT2D eigenvalue weighted by atomic mass is 35.5. The summed E-state index contributed by atoms with van der Waals surface area (Å²) in [6.45, 7) is 2.94. The van der Waals surface area contributed by atoms with Crippen molar-refractivity contribution in [1.82, 2.24) is 9.97 Å². The van der Waals surface area contributed by atoms with Crippen LogP contribution >= 0.6 is 11.6 Å². The summed E-state index contributed by atoms with van der Waals surface area (Å²) in [5, 5.41) is 3.73. The van der Waals surface area contributed by atoms with Gasteiger partial charge in [-0.2, -0.15) is 0 Å². The van der Waals surface area contributed by atoms with Crippen molar-refractivity contribution in [2.45, 2.75) is 6.92 Å². The summed E-state index contributed by atoms with van der Waals surface area (Å²) in [4.78, 5) is 21.4. The second kappa shape index (κ2) is 8.60. The Morgan fingerprint density at radius 3 is 2.42 bits per heavy atom. The molecule has 0 spiro atoms. The number of rotatable bonds is 7. The van der Waals surface area contributed by atoms with E-state index in [9.17, 15) is 4.79 Å². The van der Waals surface area contributed by atoms with Gasteiger partial charge in [-0.25, -0.2) is 14.8 Å². The normalized spacial score (nSPS) is 10.7. The van der Waals surface area contributed by atoms with Crippen molar-refractivity contribution >= 4 is 40.1 Å². The number of ether oxygens (including phenoxy) is 2. The molecule has 1 N–H and O–H groups in total. The lowest BCUT2D eigenvalue weighted by Gasteiger charge is -2.12. The van der Waals surface area contributed by atoms with Crippen molar-refractivity contribution in [2.75, 3.05) is 25.1 Å². The first kappa shape index (κ1) is 18.1. The van der Waals surface area contributed by atoms with Crippen molar-refractivity contribution in [3.8, 4) is 0 Å². The molecule has 6 nitrogen and oxygen atoms in total. The van der Waals surface area contributed by atoms with Crippen molar-refractivity contribution in [1.29, 1.82) is 0 Å². The van der Waals surface area contributed by atoms with E-state index in [0.29, 0.717) is 35.1 Å². The average Bonchev–Trinajstić information content (AvgIpc) is 2.66. The van der Waals surface area contributed by atoms with Gasteiger partial charge in [-0.3, -0.25) is 0 Å². The number of anilines is 2. The Labute approximate surface area is 156 Å². The number of carbonyl (C=O) groups excluding carboxylic acids is 1. The van der Waals surface area contributed by atoms with Crippen LogP contribution in [0.3, 0.4) is 0 Å². The molecule has 0 aliphatic carbocycles. The summed E-state index contributed by atoms with van der Waals surface area (Å²) in [7, 11) is 0. The molecule has 0 radical (unpaired) electrons. The zero-order valence-corrected chi connectivity index (χ0v) is 15.0. The highest BCUT2D eigenvalue weighted by molar-refractivity contribution is 6.30. The van der Waals surface area contributed by atoms with Gasteiger partial charge in [0.05, 0.1) is 17.6 Å². The molecule has 3 rings (SSSR count). The highest BCUT2D eigenvalue weighted by Crippen LogP contribution is 2.23. The van der Waals surface area contributed by atoms with E-state index in [1.54, 1.807) is 30.3 Å². The van der Waals surface area contributed by atoms with E-state index in [0.717, 1.165) is 5.69 Å². The van der Waals surface area contributed by atoms with Gasteiger partial charge in [-0.1, -0.05) is 23.7 Å². The Morgan fingerprint density at radius 2 is 1.73 bits per heavy atom. The number of hydrogen-bond donors (Lipinski definition) is 1. The molecule has 1 aromatic heterocycles. The third-order valence-corrected chi connectivity index (χ3v) is 3.79. The van der Waals surface area contributed by atoms with E-state index in [1.807, 2.05) is 25.1 Å². The Hall–Kier alpha value is -2.70. The van der Waals surface area contributed by atoms with Crippen LogP contribution < -0.4 is 5.32 Å². The van der Waals surface area contributed by atoms with Crippen molar-refractivity contribution in [3.63, 3.8) is 0 Å². The van der Waals surface area contributed by atoms with Gasteiger partial charge in [0.2, 0.25) is 0 Å². The summed E-state index contributed by atoms with van der Waals surface area (Å²) in [6, 6.07) is 14.4. The number of benzene rings is 2. The lowest BCUT2D eigenvalue weighted by atomic mass is 10.2. The molecular weight excluding hydrogens is 354 g/mol. The number of aromatic nitrogens is 2. The van der Waals surface area contributed by atoms with E-state index < -0.39 is 5.97 Å². The molecule has 7 heteroatoms. The first-order valence-electron chi connectivity index (χ1n) is 8.21. The molecule has 0 atom stereocenters. The zero-order valence-electron chi connectivity index (χ0n) is 14.2. The van der Waals surface area contributed by atoms with E-state index >= 15 is 0 Å². The van der Waals surface area contributed by atoms with Crippen LogP contribution in [0.4, 0.5) is 11.5 Å². The smallest absolute Gasteiger partial charge is 0.360 e. The number of halogens is 1. The number of hydrogen-bond acceptors (Lipinski definition) is 6. The Balaban J connectivity index is 1.90. The van der Waals surface area contributed by atoms with Gasteiger partial charge in [0.25, 0.3) is 0 Å². The molecule has 0 aliphatic rings. The van der Waals surface area contributed by atoms with E-state index in [-0.39, 0.29) is 12.3 Å². The third kappa shape index (κ3) is 4.47. The molecule has 0 fully saturated rings. The predicted molar refractivity (Wildman–Crippen MR) is 101 cm³/mol. The van der Waals surface area contributed by atoms with Crippen LogP contribution in [0.25, 0.3) is 11.0 Å². The first-order chi connectivity index (χ1) is 12.7. The molecule has 0 amide bonds. The highest BCUT2D eigenvalue weighted by Gasteiger charge is 2.18. The first-order valence-corrected chi connectivity index (χ1v) is 8.59. The maximum atomic E-state index is 12.5. The summed E-state index contributed by atoms with van der Waals surface area (Å²) in [5.41, 5.74) is 2.15. The van der Waals surface area contributed by atoms with Crippen LogP contribution in [-0.4, -0.2) is 35.8 Å². The second-order valence-corrected chi connectivity index (χ2v) is 5.81. The maximum Gasteiger partial charge on any atom is 0.360 e. The van der Waals surface area contributed by atoms with E-state index in [2.05, 4.69) is 15.3 Å². The summed E-state index contributed by atoms with van der Waals surface area (Å²) in [5.74, 6) is -0.230. The monoisotopic (exact) mass is 371 g/mol. The van der Waals surface area contributed by atoms with Gasteiger partial charge in [0.1, 0.15) is 6.61 Å². The Kier molecular flexibility index (Phi) is 5.99. The molecule has 0 saturated carbocycles. The van der Waals surface area contributed by atoms with Gasteiger partial charge in [0.15, 0.2) is 11.5 Å². The van der Waals surface area contributed by atoms with Crippen molar-refractivity contribution in [3.05, 3.63) is 59.2 Å². The molecule has 3 aromatic rings. The lowest BCUT2D eigenvalue weighted by Crippen LogP contribution is -2.15. The quantitative estimate of drug-likeness (QED) is 0.495. The molecule has 2 aromatic carbocycles. The van der Waals surface area contributed by atoms with Gasteiger partial charge in [0, 0.05) is 17.3 Å². The molecule has 0 unspecified atom stereocenters. The molecule has 134 valence electrons. The SMILES string of the molecule is CCOCCOC(=O)c1nc2ccccc2nc1Nc1ccc(Cl)cc1. The molecular formula is C19H18ClN3O3. The molecule has 0 aliphatic heterocycles. The standard InChI is InChI=1S/C19H18ClN3O3/c1-2-25-11-12-26-19(24)17-18(21-14-9-7-13(20)8-10-14)23-16-6-4-3-5-15(16)22-17/h3-10H,2,11-12H2,1H3,(H,21,23). The van der Waals surface area contributed by atoms with Gasteiger partial charge >= 0.3 is 5.97 Å². The van der Waals surface area contributed by atoms with Crippen LogP contribution in [-0.2, 0) is 9.47 Å². The fraction of sp³-hybridized carbons (Fsp3) is 0.211. The zero-order chi connectivity index (χ0) is 18.4. The minimum atomic E-state index is -0.556. The summed E-state index contributed by atoms with van der Waals surface area (Å²) >= 11 is 5.92.